The highest BCUT2D eigenvalue weighted by molar-refractivity contribution is 5.90. The second kappa shape index (κ2) is 11.3. The van der Waals surface area contributed by atoms with Crippen LogP contribution in [0.15, 0.2) is 42.6 Å². The number of ether oxygens (including phenoxy) is 1. The zero-order valence-electron chi connectivity index (χ0n) is 23.3. The monoisotopic (exact) mass is 610 g/mol. The Hall–Kier alpha value is -4.56. The molecule has 43 heavy (non-hydrogen) atoms. The van der Waals surface area contributed by atoms with Gasteiger partial charge in [0, 0.05) is 43.0 Å². The Morgan fingerprint density at radius 3 is 2.07 bits per heavy atom. The number of nitrogens with zero attached hydrogens (tertiary/aromatic N) is 4. The Labute approximate surface area is 242 Å². The van der Waals surface area contributed by atoms with Gasteiger partial charge in [0.1, 0.15) is 0 Å². The number of hydrogen-bond donors (Lipinski definition) is 2. The van der Waals surface area contributed by atoms with Crippen molar-refractivity contribution >= 4 is 29.2 Å². The summed E-state index contributed by atoms with van der Waals surface area (Å²) in [5.41, 5.74) is 9.13. The van der Waals surface area contributed by atoms with Gasteiger partial charge in [-0.3, -0.25) is 4.79 Å². The second-order valence-electron chi connectivity index (χ2n) is 10.2. The van der Waals surface area contributed by atoms with Crippen molar-refractivity contribution in [2.45, 2.75) is 38.7 Å². The largest absolute Gasteiger partial charge is 0.490 e. The van der Waals surface area contributed by atoms with Crippen molar-refractivity contribution in [2.24, 2.45) is 5.73 Å². The number of esters is 1. The number of primary amides is 1. The molecule has 2 aromatic carbocycles. The summed E-state index contributed by atoms with van der Waals surface area (Å²) < 4.78 is 85.4. The van der Waals surface area contributed by atoms with Crippen LogP contribution in [-0.2, 0) is 19.9 Å². The normalized spacial score (nSPS) is 15.7. The van der Waals surface area contributed by atoms with E-state index in [0.29, 0.717) is 37.8 Å². The van der Waals surface area contributed by atoms with Gasteiger partial charge >= 0.3 is 23.9 Å². The van der Waals surface area contributed by atoms with Crippen LogP contribution in [0.25, 0.3) is 11.3 Å². The SMILES string of the molecule is Cc1ccc(C)c(N2CCN(c3nc(-c4cc(C(OC(=O)C(F)(F)F)(C(N)=O)C(F)(F)F)ccc4C)cnc3N)CC2)c1. The van der Waals surface area contributed by atoms with E-state index in [1.807, 2.05) is 30.9 Å². The molecule has 15 heteroatoms. The number of halogens is 6. The van der Waals surface area contributed by atoms with Crippen LogP contribution in [-0.4, -0.2) is 60.4 Å². The molecule has 1 unspecified atom stereocenters. The first-order chi connectivity index (χ1) is 20.0. The molecule has 1 atom stereocenters. The van der Waals surface area contributed by atoms with Crippen LogP contribution in [0.1, 0.15) is 22.3 Å². The third kappa shape index (κ3) is 6.01. The zero-order chi connectivity index (χ0) is 31.9. The maximum Gasteiger partial charge on any atom is 0.490 e. The number of anilines is 3. The first-order valence-corrected chi connectivity index (χ1v) is 12.9. The molecule has 1 saturated heterocycles. The van der Waals surface area contributed by atoms with E-state index in [1.54, 1.807) is 0 Å². The van der Waals surface area contributed by atoms with Gasteiger partial charge in [-0.25, -0.2) is 14.8 Å². The molecule has 9 nitrogen and oxygen atoms in total. The van der Waals surface area contributed by atoms with E-state index >= 15 is 0 Å². The lowest BCUT2D eigenvalue weighted by Crippen LogP contribution is -2.57. The quantitative estimate of drug-likeness (QED) is 0.312. The van der Waals surface area contributed by atoms with E-state index in [-0.39, 0.29) is 22.9 Å². The minimum atomic E-state index is -5.85. The molecule has 2 heterocycles. The van der Waals surface area contributed by atoms with Gasteiger partial charge in [0.2, 0.25) is 0 Å². The van der Waals surface area contributed by atoms with Crippen LogP contribution in [0.5, 0.6) is 0 Å². The smallest absolute Gasteiger partial charge is 0.427 e. The van der Waals surface area contributed by atoms with Gasteiger partial charge in [0.05, 0.1) is 11.9 Å². The molecule has 0 aliphatic carbocycles. The number of carbonyl (C=O) groups excluding carboxylic acids is 2. The van der Waals surface area contributed by atoms with E-state index in [4.69, 9.17) is 11.5 Å². The van der Waals surface area contributed by atoms with Crippen molar-refractivity contribution in [3.05, 3.63) is 64.8 Å². The van der Waals surface area contributed by atoms with Crippen molar-refractivity contribution in [1.29, 1.82) is 0 Å². The van der Waals surface area contributed by atoms with Crippen LogP contribution in [0.4, 0.5) is 43.7 Å². The molecule has 1 aliphatic heterocycles. The molecule has 4 rings (SSSR count). The zero-order valence-corrected chi connectivity index (χ0v) is 23.3. The Kier molecular flexibility index (Phi) is 8.22. The number of carbonyl (C=O) groups is 2. The molecule has 1 amide bonds. The second-order valence-corrected chi connectivity index (χ2v) is 10.2. The van der Waals surface area contributed by atoms with E-state index in [9.17, 15) is 35.9 Å². The van der Waals surface area contributed by atoms with Crippen LogP contribution in [0.3, 0.4) is 0 Å². The standard InChI is InChI=1S/C28H28F6N6O3/c1-15-4-5-17(3)21(12-15)39-8-10-40(11-9-39)23-22(35)37-14-20(38-23)19-13-18(7-6-16(19)2)26(24(36)41,28(32,33)34)43-25(42)27(29,30)31/h4-7,12-14H,8-11H2,1-3H3,(H2,35,37)(H2,36,41). The number of alkyl halides is 6. The lowest BCUT2D eigenvalue weighted by molar-refractivity contribution is -0.280. The van der Waals surface area contributed by atoms with E-state index in [2.05, 4.69) is 25.7 Å². The van der Waals surface area contributed by atoms with Crippen LogP contribution in [0, 0.1) is 20.8 Å². The van der Waals surface area contributed by atoms with E-state index in [0.717, 1.165) is 28.9 Å². The van der Waals surface area contributed by atoms with Crippen molar-refractivity contribution in [1.82, 2.24) is 9.97 Å². The molecule has 0 saturated carbocycles. The molecule has 0 bridgehead atoms. The van der Waals surface area contributed by atoms with Gasteiger partial charge in [-0.1, -0.05) is 24.3 Å². The fraction of sp³-hybridized carbons (Fsp3) is 0.357. The van der Waals surface area contributed by atoms with Crippen molar-refractivity contribution in [3.63, 3.8) is 0 Å². The highest BCUT2D eigenvalue weighted by Crippen LogP contribution is 2.45. The molecule has 1 aliphatic rings. The fourth-order valence-electron chi connectivity index (χ4n) is 4.90. The number of amides is 1. The average Bonchev–Trinajstić information content (AvgIpc) is 2.92. The number of rotatable bonds is 6. The summed E-state index contributed by atoms with van der Waals surface area (Å²) in [5, 5.41) is 0. The summed E-state index contributed by atoms with van der Waals surface area (Å²) in [5.74, 6) is -5.29. The number of nitrogens with two attached hydrogens (primary N) is 2. The fourth-order valence-corrected chi connectivity index (χ4v) is 4.90. The highest BCUT2D eigenvalue weighted by atomic mass is 19.4. The maximum atomic E-state index is 14.3. The summed E-state index contributed by atoms with van der Waals surface area (Å²) in [4.78, 5) is 36.4. The van der Waals surface area contributed by atoms with Crippen LogP contribution in [0.2, 0.25) is 0 Å². The van der Waals surface area contributed by atoms with E-state index < -0.39 is 35.4 Å². The maximum absolute atomic E-state index is 14.3. The Morgan fingerprint density at radius 1 is 0.884 bits per heavy atom. The Balaban J connectivity index is 1.71. The minimum Gasteiger partial charge on any atom is -0.427 e. The molecule has 0 spiro atoms. The number of aryl methyl sites for hydroxylation is 3. The van der Waals surface area contributed by atoms with Gasteiger partial charge in [0.25, 0.3) is 5.91 Å². The first-order valence-electron chi connectivity index (χ1n) is 12.9. The lowest BCUT2D eigenvalue weighted by atomic mass is 9.88. The summed E-state index contributed by atoms with van der Waals surface area (Å²) in [7, 11) is 0. The molecule has 4 N–H and O–H groups in total. The van der Waals surface area contributed by atoms with Gasteiger partial charge in [0.15, 0.2) is 11.6 Å². The molecule has 0 radical (unpaired) electrons. The number of benzene rings is 2. The highest BCUT2D eigenvalue weighted by Gasteiger charge is 2.66. The molecule has 1 aromatic heterocycles. The summed E-state index contributed by atoms with van der Waals surface area (Å²) in [6, 6.07) is 8.72. The Morgan fingerprint density at radius 2 is 1.49 bits per heavy atom. The molecular formula is C28H28F6N6O3. The van der Waals surface area contributed by atoms with Crippen LogP contribution >= 0.6 is 0 Å². The van der Waals surface area contributed by atoms with Gasteiger partial charge in [-0.2, -0.15) is 26.3 Å². The predicted octanol–water partition coefficient (Wildman–Crippen LogP) is 4.33. The first kappa shape index (κ1) is 31.4. The number of piperazine rings is 1. The number of hydrogen-bond acceptors (Lipinski definition) is 8. The summed E-state index contributed by atoms with van der Waals surface area (Å²) >= 11 is 0. The summed E-state index contributed by atoms with van der Waals surface area (Å²) in [6.07, 6.45) is -10.5. The molecule has 1 fully saturated rings. The van der Waals surface area contributed by atoms with Crippen molar-refractivity contribution in [3.8, 4) is 11.3 Å². The van der Waals surface area contributed by atoms with Crippen LogP contribution < -0.4 is 21.3 Å². The number of aromatic nitrogens is 2. The molecule has 3 aromatic rings. The van der Waals surface area contributed by atoms with E-state index in [1.165, 1.54) is 13.1 Å². The van der Waals surface area contributed by atoms with Gasteiger partial charge < -0.3 is 26.0 Å². The third-order valence-corrected chi connectivity index (χ3v) is 7.21. The minimum absolute atomic E-state index is 0.0169. The van der Waals surface area contributed by atoms with Gasteiger partial charge in [-0.15, -0.1) is 0 Å². The Bertz CT molecular complexity index is 1550. The van der Waals surface area contributed by atoms with Crippen molar-refractivity contribution < 1.29 is 40.7 Å². The number of nitrogen functional groups attached to an aromatic ring is 1. The van der Waals surface area contributed by atoms with Gasteiger partial charge in [-0.05, 0) is 49.6 Å². The average molecular weight is 611 g/mol. The van der Waals surface area contributed by atoms with Crippen molar-refractivity contribution in [2.75, 3.05) is 41.7 Å². The summed E-state index contributed by atoms with van der Waals surface area (Å²) in [6.45, 7) is 7.71. The lowest BCUT2D eigenvalue weighted by Gasteiger charge is -2.37. The topological polar surface area (TPSA) is 128 Å². The molecule has 230 valence electrons. The molecular weight excluding hydrogens is 582 g/mol. The third-order valence-electron chi connectivity index (χ3n) is 7.21. The predicted molar refractivity (Wildman–Crippen MR) is 146 cm³/mol.